The van der Waals surface area contributed by atoms with Crippen LogP contribution in [0.2, 0.25) is 0 Å². The minimum atomic E-state index is -0.656. The minimum Gasteiger partial charge on any atom is -0.493 e. The number of methoxy groups -OCH3 is 1. The van der Waals surface area contributed by atoms with Crippen LogP contribution < -0.4 is 9.47 Å². The summed E-state index contributed by atoms with van der Waals surface area (Å²) in [5.41, 5.74) is 1.14. The standard InChI is InChI=1S/C16H15FO3/c1-11(18)13-8-9-14(15(17)16(13)19-2)20-10-12-6-4-3-5-7-12/h3-9H,10H2,1-2H3. The van der Waals surface area contributed by atoms with Crippen molar-refractivity contribution in [3.63, 3.8) is 0 Å². The predicted molar refractivity (Wildman–Crippen MR) is 73.7 cm³/mol. The molecule has 3 nitrogen and oxygen atoms in total. The fourth-order valence-corrected chi connectivity index (χ4v) is 1.86. The first-order valence-electron chi connectivity index (χ1n) is 6.17. The fraction of sp³-hybridized carbons (Fsp3) is 0.188. The average Bonchev–Trinajstić information content (AvgIpc) is 2.46. The Hall–Kier alpha value is -2.36. The van der Waals surface area contributed by atoms with Gasteiger partial charge in [0.15, 0.2) is 17.3 Å². The third-order valence-corrected chi connectivity index (χ3v) is 2.88. The van der Waals surface area contributed by atoms with Crippen molar-refractivity contribution < 1.29 is 18.7 Å². The van der Waals surface area contributed by atoms with Crippen LogP contribution in [0.1, 0.15) is 22.8 Å². The number of hydrogen-bond acceptors (Lipinski definition) is 3. The van der Waals surface area contributed by atoms with Gasteiger partial charge >= 0.3 is 0 Å². The second kappa shape index (κ2) is 6.19. The maximum absolute atomic E-state index is 14.2. The van der Waals surface area contributed by atoms with E-state index >= 15 is 0 Å². The molecule has 2 aromatic carbocycles. The van der Waals surface area contributed by atoms with Gasteiger partial charge in [-0.15, -0.1) is 0 Å². The summed E-state index contributed by atoms with van der Waals surface area (Å²) in [6, 6.07) is 12.4. The Kier molecular flexibility index (Phi) is 4.35. The molecular weight excluding hydrogens is 259 g/mol. The normalized spacial score (nSPS) is 10.2. The highest BCUT2D eigenvalue weighted by Crippen LogP contribution is 2.31. The van der Waals surface area contributed by atoms with E-state index in [1.165, 1.54) is 26.2 Å². The van der Waals surface area contributed by atoms with E-state index in [2.05, 4.69) is 0 Å². The Balaban J connectivity index is 2.23. The molecule has 0 bridgehead atoms. The van der Waals surface area contributed by atoms with Crippen molar-refractivity contribution in [3.05, 3.63) is 59.4 Å². The van der Waals surface area contributed by atoms with Crippen LogP contribution in [0.4, 0.5) is 4.39 Å². The number of benzene rings is 2. The van der Waals surface area contributed by atoms with Crippen molar-refractivity contribution in [2.24, 2.45) is 0 Å². The molecule has 0 N–H and O–H groups in total. The van der Waals surface area contributed by atoms with Crippen molar-refractivity contribution >= 4 is 5.78 Å². The van der Waals surface area contributed by atoms with Crippen LogP contribution in [-0.2, 0) is 6.61 Å². The number of rotatable bonds is 5. The highest BCUT2D eigenvalue weighted by Gasteiger charge is 2.17. The molecule has 2 aromatic rings. The van der Waals surface area contributed by atoms with E-state index in [9.17, 15) is 9.18 Å². The van der Waals surface area contributed by atoms with E-state index in [1.807, 2.05) is 30.3 Å². The summed E-state index contributed by atoms with van der Waals surface area (Å²) in [6.07, 6.45) is 0. The SMILES string of the molecule is COc1c(C(C)=O)ccc(OCc2ccccc2)c1F. The van der Waals surface area contributed by atoms with E-state index in [0.717, 1.165) is 5.56 Å². The lowest BCUT2D eigenvalue weighted by Crippen LogP contribution is -2.03. The smallest absolute Gasteiger partial charge is 0.207 e. The van der Waals surface area contributed by atoms with Crippen LogP contribution in [0.5, 0.6) is 11.5 Å². The molecule has 0 unspecified atom stereocenters. The molecule has 104 valence electrons. The van der Waals surface area contributed by atoms with Gasteiger partial charge in [-0.2, -0.15) is 4.39 Å². The van der Waals surface area contributed by atoms with Gasteiger partial charge in [0.05, 0.1) is 12.7 Å². The number of halogens is 1. The summed E-state index contributed by atoms with van der Waals surface area (Å²) in [6.45, 7) is 1.61. The summed E-state index contributed by atoms with van der Waals surface area (Å²) in [7, 11) is 1.33. The predicted octanol–water partition coefficient (Wildman–Crippen LogP) is 3.62. The van der Waals surface area contributed by atoms with Gasteiger partial charge in [0.25, 0.3) is 0 Å². The van der Waals surface area contributed by atoms with Gasteiger partial charge in [0, 0.05) is 0 Å². The third kappa shape index (κ3) is 2.96. The van der Waals surface area contributed by atoms with Gasteiger partial charge in [0.2, 0.25) is 5.82 Å². The topological polar surface area (TPSA) is 35.5 Å². The number of ether oxygens (including phenoxy) is 2. The Morgan fingerprint density at radius 3 is 2.45 bits per heavy atom. The number of Topliss-reactive ketones (excluding diaryl/α,β-unsaturated/α-hetero) is 1. The molecule has 0 radical (unpaired) electrons. The van der Waals surface area contributed by atoms with Gasteiger partial charge in [0.1, 0.15) is 6.61 Å². The van der Waals surface area contributed by atoms with Crippen molar-refractivity contribution in [2.75, 3.05) is 7.11 Å². The molecule has 0 amide bonds. The molecular formula is C16H15FO3. The molecule has 0 aromatic heterocycles. The van der Waals surface area contributed by atoms with Crippen LogP contribution in [0.3, 0.4) is 0 Å². The Morgan fingerprint density at radius 2 is 1.85 bits per heavy atom. The summed E-state index contributed by atoms with van der Waals surface area (Å²) in [4.78, 5) is 11.4. The second-order valence-corrected chi connectivity index (χ2v) is 4.29. The molecule has 0 aliphatic heterocycles. The molecule has 0 saturated carbocycles. The molecule has 0 aliphatic carbocycles. The van der Waals surface area contributed by atoms with E-state index in [1.54, 1.807) is 0 Å². The third-order valence-electron chi connectivity index (χ3n) is 2.88. The van der Waals surface area contributed by atoms with E-state index in [-0.39, 0.29) is 29.5 Å². The first kappa shape index (κ1) is 14.1. The van der Waals surface area contributed by atoms with Gasteiger partial charge in [-0.3, -0.25) is 4.79 Å². The van der Waals surface area contributed by atoms with Crippen LogP contribution >= 0.6 is 0 Å². The molecule has 0 fully saturated rings. The van der Waals surface area contributed by atoms with Crippen molar-refractivity contribution in [3.8, 4) is 11.5 Å². The zero-order valence-electron chi connectivity index (χ0n) is 11.4. The molecule has 0 aliphatic rings. The largest absolute Gasteiger partial charge is 0.493 e. The first-order valence-corrected chi connectivity index (χ1v) is 6.17. The first-order chi connectivity index (χ1) is 9.63. The fourth-order valence-electron chi connectivity index (χ4n) is 1.86. The van der Waals surface area contributed by atoms with Crippen LogP contribution in [-0.4, -0.2) is 12.9 Å². The van der Waals surface area contributed by atoms with E-state index < -0.39 is 5.82 Å². The summed E-state index contributed by atoms with van der Waals surface area (Å²) in [5, 5.41) is 0. The summed E-state index contributed by atoms with van der Waals surface area (Å²) in [5.74, 6) is -0.926. The quantitative estimate of drug-likeness (QED) is 0.781. The zero-order valence-corrected chi connectivity index (χ0v) is 11.4. The molecule has 4 heteroatoms. The lowest BCUT2D eigenvalue weighted by Gasteiger charge is -2.12. The van der Waals surface area contributed by atoms with Crippen LogP contribution in [0.15, 0.2) is 42.5 Å². The molecule has 0 spiro atoms. The Labute approximate surface area is 117 Å². The minimum absolute atomic E-state index is 0.0655. The van der Waals surface area contributed by atoms with Crippen LogP contribution in [0.25, 0.3) is 0 Å². The highest BCUT2D eigenvalue weighted by molar-refractivity contribution is 5.97. The van der Waals surface area contributed by atoms with E-state index in [4.69, 9.17) is 9.47 Å². The molecule has 2 rings (SSSR count). The lowest BCUT2D eigenvalue weighted by molar-refractivity contribution is 0.101. The van der Waals surface area contributed by atoms with E-state index in [0.29, 0.717) is 0 Å². The second-order valence-electron chi connectivity index (χ2n) is 4.29. The van der Waals surface area contributed by atoms with Crippen LogP contribution in [0, 0.1) is 5.82 Å². The Bertz CT molecular complexity index is 609. The average molecular weight is 274 g/mol. The highest BCUT2D eigenvalue weighted by atomic mass is 19.1. The lowest BCUT2D eigenvalue weighted by atomic mass is 10.1. The number of carbonyl (C=O) groups excluding carboxylic acids is 1. The maximum Gasteiger partial charge on any atom is 0.207 e. The summed E-state index contributed by atoms with van der Waals surface area (Å²) < 4.78 is 24.6. The van der Waals surface area contributed by atoms with Crippen molar-refractivity contribution in [1.82, 2.24) is 0 Å². The maximum atomic E-state index is 14.2. The molecule has 0 saturated heterocycles. The number of ketones is 1. The molecule has 0 heterocycles. The number of carbonyl (C=O) groups is 1. The summed E-state index contributed by atoms with van der Waals surface area (Å²) >= 11 is 0. The van der Waals surface area contributed by atoms with Gasteiger partial charge < -0.3 is 9.47 Å². The van der Waals surface area contributed by atoms with Gasteiger partial charge in [-0.1, -0.05) is 30.3 Å². The van der Waals surface area contributed by atoms with Crippen molar-refractivity contribution in [2.45, 2.75) is 13.5 Å². The van der Waals surface area contributed by atoms with Crippen molar-refractivity contribution in [1.29, 1.82) is 0 Å². The molecule has 0 atom stereocenters. The zero-order chi connectivity index (χ0) is 14.5. The Morgan fingerprint density at radius 1 is 1.15 bits per heavy atom. The number of hydrogen-bond donors (Lipinski definition) is 0. The monoisotopic (exact) mass is 274 g/mol. The van der Waals surface area contributed by atoms with Gasteiger partial charge in [-0.05, 0) is 24.6 Å². The molecule has 20 heavy (non-hydrogen) atoms. The van der Waals surface area contributed by atoms with Gasteiger partial charge in [-0.25, -0.2) is 0 Å².